The molecule has 188 valence electrons. The molecule has 3 saturated carbocycles. The molecule has 0 amide bonds. The molecule has 2 unspecified atom stereocenters. The standard InChI is InChI=1S/C27H43F2NO3/c1-18(9-11-30-12-13-33-25(17-30)26(28)29)23-7-8-24-20(4-3-10-27(23,24)2)6-5-19-14-21(31)16-22(32)15-19/h5-6,18,21-26,31-32H,3-4,7-17H2,1-2H3/t18?,21-,22-,23-,24+,25?,27-/m1/s1. The Labute approximate surface area is 198 Å². The van der Waals surface area contributed by atoms with Crippen LogP contribution in [0.5, 0.6) is 0 Å². The molecule has 33 heavy (non-hydrogen) atoms. The number of fused-ring (bicyclic) bond motifs is 1. The predicted octanol–water partition coefficient (Wildman–Crippen LogP) is 4.95. The minimum absolute atomic E-state index is 0.310. The van der Waals surface area contributed by atoms with E-state index in [4.69, 9.17) is 4.74 Å². The zero-order chi connectivity index (χ0) is 23.6. The Morgan fingerprint density at radius 2 is 1.94 bits per heavy atom. The van der Waals surface area contributed by atoms with E-state index >= 15 is 0 Å². The lowest BCUT2D eigenvalue weighted by Crippen LogP contribution is -2.46. The third kappa shape index (κ3) is 5.88. The largest absolute Gasteiger partial charge is 0.393 e. The summed E-state index contributed by atoms with van der Waals surface area (Å²) in [5.41, 5.74) is 3.02. The van der Waals surface area contributed by atoms with Crippen molar-refractivity contribution < 1.29 is 23.7 Å². The number of aliphatic hydroxyl groups is 2. The topological polar surface area (TPSA) is 52.9 Å². The van der Waals surface area contributed by atoms with Crippen LogP contribution in [0.1, 0.15) is 71.6 Å². The number of hydrogen-bond donors (Lipinski definition) is 2. The monoisotopic (exact) mass is 467 g/mol. The summed E-state index contributed by atoms with van der Waals surface area (Å²) in [5, 5.41) is 20.0. The third-order valence-electron chi connectivity index (χ3n) is 9.16. The van der Waals surface area contributed by atoms with Crippen LogP contribution in [-0.4, -0.2) is 66.1 Å². The van der Waals surface area contributed by atoms with Crippen LogP contribution < -0.4 is 0 Å². The quantitative estimate of drug-likeness (QED) is 0.580. The van der Waals surface area contributed by atoms with Gasteiger partial charge in [0.2, 0.25) is 0 Å². The van der Waals surface area contributed by atoms with Crippen LogP contribution in [0.2, 0.25) is 0 Å². The van der Waals surface area contributed by atoms with E-state index in [0.29, 0.717) is 55.6 Å². The Balaban J connectivity index is 1.37. The number of morpholine rings is 1. The molecular weight excluding hydrogens is 424 g/mol. The highest BCUT2D eigenvalue weighted by Gasteiger charge is 2.50. The first kappa shape index (κ1) is 25.3. The molecular formula is C27H43F2NO3. The van der Waals surface area contributed by atoms with Crippen LogP contribution >= 0.6 is 0 Å². The van der Waals surface area contributed by atoms with Gasteiger partial charge in [0.1, 0.15) is 6.10 Å². The number of allylic oxidation sites excluding steroid dienone is 3. The van der Waals surface area contributed by atoms with Gasteiger partial charge in [-0.2, -0.15) is 0 Å². The van der Waals surface area contributed by atoms with Gasteiger partial charge in [0, 0.05) is 13.1 Å². The highest BCUT2D eigenvalue weighted by Crippen LogP contribution is 2.59. The second-order valence-corrected chi connectivity index (χ2v) is 11.4. The molecule has 1 saturated heterocycles. The summed E-state index contributed by atoms with van der Waals surface area (Å²) in [6.07, 6.45) is 9.33. The molecule has 1 heterocycles. The summed E-state index contributed by atoms with van der Waals surface area (Å²) in [7, 11) is 0. The van der Waals surface area contributed by atoms with Crippen molar-refractivity contribution in [2.45, 2.75) is 96.4 Å². The third-order valence-corrected chi connectivity index (χ3v) is 9.16. The molecule has 0 aromatic heterocycles. The Bertz CT molecular complexity index is 714. The highest BCUT2D eigenvalue weighted by atomic mass is 19.3. The van der Waals surface area contributed by atoms with Crippen LogP contribution in [0.25, 0.3) is 0 Å². The Morgan fingerprint density at radius 3 is 2.67 bits per heavy atom. The van der Waals surface area contributed by atoms with E-state index < -0.39 is 24.7 Å². The molecule has 0 aromatic carbocycles. The van der Waals surface area contributed by atoms with Gasteiger partial charge in [-0.3, -0.25) is 4.90 Å². The second-order valence-electron chi connectivity index (χ2n) is 11.4. The first-order valence-corrected chi connectivity index (χ1v) is 13.1. The average Bonchev–Trinajstić information content (AvgIpc) is 3.13. The summed E-state index contributed by atoms with van der Waals surface area (Å²) in [5.74, 6) is 1.86. The molecule has 2 N–H and O–H groups in total. The fraction of sp³-hybridized carbons (Fsp3) is 0.852. The fourth-order valence-electron chi connectivity index (χ4n) is 7.42. The van der Waals surface area contributed by atoms with E-state index in [-0.39, 0.29) is 0 Å². The highest BCUT2D eigenvalue weighted by molar-refractivity contribution is 5.26. The van der Waals surface area contributed by atoms with Crippen molar-refractivity contribution in [3.05, 3.63) is 23.3 Å². The van der Waals surface area contributed by atoms with E-state index in [1.165, 1.54) is 25.7 Å². The molecule has 7 atom stereocenters. The van der Waals surface area contributed by atoms with Crippen molar-refractivity contribution in [1.29, 1.82) is 0 Å². The molecule has 4 rings (SSSR count). The van der Waals surface area contributed by atoms with Crippen LogP contribution in [0.3, 0.4) is 0 Å². The van der Waals surface area contributed by atoms with E-state index in [1.54, 1.807) is 5.57 Å². The van der Waals surface area contributed by atoms with Gasteiger partial charge in [0.15, 0.2) is 0 Å². The Morgan fingerprint density at radius 1 is 1.18 bits per heavy atom. The van der Waals surface area contributed by atoms with E-state index in [2.05, 4.69) is 30.9 Å². The van der Waals surface area contributed by atoms with Crippen LogP contribution in [0, 0.1) is 23.2 Å². The zero-order valence-electron chi connectivity index (χ0n) is 20.4. The van der Waals surface area contributed by atoms with Crippen molar-refractivity contribution in [3.63, 3.8) is 0 Å². The maximum Gasteiger partial charge on any atom is 0.265 e. The summed E-state index contributed by atoms with van der Waals surface area (Å²) >= 11 is 0. The van der Waals surface area contributed by atoms with Crippen molar-refractivity contribution >= 4 is 0 Å². The van der Waals surface area contributed by atoms with Crippen LogP contribution in [0.4, 0.5) is 8.78 Å². The molecule has 4 nitrogen and oxygen atoms in total. The smallest absolute Gasteiger partial charge is 0.265 e. The molecule has 0 radical (unpaired) electrons. The Hall–Kier alpha value is -0.820. The normalized spacial score (nSPS) is 40.3. The number of halogens is 2. The van der Waals surface area contributed by atoms with Crippen molar-refractivity contribution in [2.24, 2.45) is 23.2 Å². The first-order valence-electron chi connectivity index (χ1n) is 13.1. The van der Waals surface area contributed by atoms with Gasteiger partial charge in [-0.15, -0.1) is 0 Å². The molecule has 0 bridgehead atoms. The minimum Gasteiger partial charge on any atom is -0.393 e. The number of alkyl halides is 2. The van der Waals surface area contributed by atoms with E-state index in [1.807, 2.05) is 0 Å². The van der Waals surface area contributed by atoms with Crippen molar-refractivity contribution in [1.82, 2.24) is 4.90 Å². The van der Waals surface area contributed by atoms with Gasteiger partial charge in [-0.05, 0) is 87.5 Å². The molecule has 4 fully saturated rings. The SMILES string of the molecule is CC(CCN1CCOC(C(F)F)C1)[C@H]1CC[C@H]2C(=CC=C3C[C@@H](O)C[C@H](O)C3)CCC[C@]12C. The van der Waals surface area contributed by atoms with Crippen LogP contribution in [-0.2, 0) is 4.74 Å². The fourth-order valence-corrected chi connectivity index (χ4v) is 7.42. The maximum atomic E-state index is 13.0. The summed E-state index contributed by atoms with van der Waals surface area (Å²) in [4.78, 5) is 2.16. The predicted molar refractivity (Wildman–Crippen MR) is 126 cm³/mol. The lowest BCUT2D eigenvalue weighted by molar-refractivity contribution is -0.103. The molecule has 4 aliphatic rings. The molecule has 6 heteroatoms. The van der Waals surface area contributed by atoms with Crippen LogP contribution in [0.15, 0.2) is 23.3 Å². The lowest BCUT2D eigenvalue weighted by atomic mass is 9.61. The molecule has 1 aliphatic heterocycles. The van der Waals surface area contributed by atoms with Gasteiger partial charge in [-0.25, -0.2) is 8.78 Å². The van der Waals surface area contributed by atoms with E-state index in [0.717, 1.165) is 31.5 Å². The number of rotatable bonds is 6. The Kier molecular flexibility index (Phi) is 8.31. The number of hydrogen-bond acceptors (Lipinski definition) is 4. The number of nitrogens with zero attached hydrogens (tertiary/aromatic N) is 1. The first-order chi connectivity index (χ1) is 15.8. The summed E-state index contributed by atoms with van der Waals surface area (Å²) in [6, 6.07) is 0. The second kappa shape index (κ2) is 10.8. The summed E-state index contributed by atoms with van der Waals surface area (Å²) < 4.78 is 31.3. The molecule has 0 spiro atoms. The van der Waals surface area contributed by atoms with Gasteiger partial charge < -0.3 is 14.9 Å². The molecule has 0 aromatic rings. The minimum atomic E-state index is -2.40. The lowest BCUT2D eigenvalue weighted by Gasteiger charge is -2.45. The summed E-state index contributed by atoms with van der Waals surface area (Å²) in [6.45, 7) is 7.25. The van der Waals surface area contributed by atoms with E-state index in [9.17, 15) is 19.0 Å². The van der Waals surface area contributed by atoms with Crippen molar-refractivity contribution in [3.8, 4) is 0 Å². The van der Waals surface area contributed by atoms with Gasteiger partial charge in [0.05, 0.1) is 18.8 Å². The van der Waals surface area contributed by atoms with Gasteiger partial charge in [-0.1, -0.05) is 37.1 Å². The number of aliphatic hydroxyl groups excluding tert-OH is 2. The molecule has 3 aliphatic carbocycles. The van der Waals surface area contributed by atoms with Crippen molar-refractivity contribution in [2.75, 3.05) is 26.2 Å². The number of ether oxygens (including phenoxy) is 1. The zero-order valence-corrected chi connectivity index (χ0v) is 20.4. The van der Waals surface area contributed by atoms with Gasteiger partial charge >= 0.3 is 0 Å². The average molecular weight is 468 g/mol. The van der Waals surface area contributed by atoms with Gasteiger partial charge in [0.25, 0.3) is 6.43 Å². The maximum absolute atomic E-state index is 13.0.